The molecule has 1 aliphatic rings. The zero-order valence-corrected chi connectivity index (χ0v) is 15.2. The number of hydrogen-bond donors (Lipinski definition) is 1. The highest BCUT2D eigenvalue weighted by Gasteiger charge is 2.51. The van der Waals surface area contributed by atoms with Gasteiger partial charge >= 0.3 is 23.6 Å². The molecule has 0 aromatic carbocycles. The summed E-state index contributed by atoms with van der Waals surface area (Å²) in [6.45, 7) is 2.99. The van der Waals surface area contributed by atoms with Crippen LogP contribution in [0, 0.1) is 0 Å². The Bertz CT molecular complexity index is 901. The van der Waals surface area contributed by atoms with Crippen LogP contribution in [0.2, 0.25) is 0 Å². The predicted octanol–water partition coefficient (Wildman–Crippen LogP) is -1.33. The number of aldehydes is 1. The van der Waals surface area contributed by atoms with Gasteiger partial charge in [0.2, 0.25) is 0 Å². The van der Waals surface area contributed by atoms with Gasteiger partial charge in [-0.25, -0.2) is 4.79 Å². The third-order valence-electron chi connectivity index (χ3n) is 3.74. The maximum atomic E-state index is 12.2. The second kappa shape index (κ2) is 8.61. The lowest BCUT2D eigenvalue weighted by molar-refractivity contribution is -0.166. The van der Waals surface area contributed by atoms with Crippen LogP contribution in [-0.2, 0) is 33.3 Å². The number of hydrogen-bond acceptors (Lipinski definition) is 10. The number of carbonyl (C=O) groups is 4. The van der Waals surface area contributed by atoms with Crippen molar-refractivity contribution in [3.8, 4) is 0 Å². The lowest BCUT2D eigenvalue weighted by Gasteiger charge is -2.23. The highest BCUT2D eigenvalue weighted by Crippen LogP contribution is 2.33. The Morgan fingerprint density at radius 3 is 2.25 bits per heavy atom. The summed E-state index contributed by atoms with van der Waals surface area (Å²) >= 11 is 0. The second-order valence-electron chi connectivity index (χ2n) is 5.88. The topological polar surface area (TPSA) is 160 Å². The molecule has 1 aliphatic heterocycles. The number of aromatic amines is 1. The Balaban J connectivity index is 2.51. The van der Waals surface area contributed by atoms with Crippen LogP contribution in [0.4, 0.5) is 0 Å². The molecular weight excluding hydrogens is 380 g/mol. The minimum Gasteiger partial charge on any atom is -0.463 e. The first-order chi connectivity index (χ1) is 13.1. The number of nitrogens with one attached hydrogen (secondary N) is 1. The van der Waals surface area contributed by atoms with Gasteiger partial charge in [0.15, 0.2) is 24.7 Å². The smallest absolute Gasteiger partial charge is 0.330 e. The molecule has 152 valence electrons. The number of rotatable bonds is 6. The van der Waals surface area contributed by atoms with E-state index in [0.29, 0.717) is 0 Å². The van der Waals surface area contributed by atoms with Crippen molar-refractivity contribution in [2.75, 3.05) is 6.61 Å². The molecule has 0 unspecified atom stereocenters. The van der Waals surface area contributed by atoms with Gasteiger partial charge in [0.05, 0.1) is 5.56 Å². The fraction of sp³-hybridized carbons (Fsp3) is 0.500. The van der Waals surface area contributed by atoms with Crippen LogP contribution >= 0.6 is 0 Å². The fourth-order valence-electron chi connectivity index (χ4n) is 2.69. The normalized spacial score (nSPS) is 23.7. The monoisotopic (exact) mass is 398 g/mol. The molecule has 0 aliphatic carbocycles. The van der Waals surface area contributed by atoms with Crippen LogP contribution in [0.3, 0.4) is 0 Å². The van der Waals surface area contributed by atoms with Crippen molar-refractivity contribution in [3.63, 3.8) is 0 Å². The molecule has 1 N–H and O–H groups in total. The van der Waals surface area contributed by atoms with Crippen molar-refractivity contribution in [3.05, 3.63) is 32.6 Å². The van der Waals surface area contributed by atoms with E-state index in [1.165, 1.54) is 0 Å². The van der Waals surface area contributed by atoms with E-state index in [4.69, 9.17) is 18.9 Å². The lowest BCUT2D eigenvalue weighted by Crippen LogP contribution is -2.42. The molecule has 1 aromatic heterocycles. The summed E-state index contributed by atoms with van der Waals surface area (Å²) in [5.74, 6) is -2.14. The maximum absolute atomic E-state index is 12.2. The van der Waals surface area contributed by atoms with Crippen LogP contribution in [0.5, 0.6) is 0 Å². The molecule has 0 spiro atoms. The Labute approximate surface area is 157 Å². The quantitative estimate of drug-likeness (QED) is 0.345. The molecule has 0 bridgehead atoms. The highest BCUT2D eigenvalue weighted by atomic mass is 16.7. The van der Waals surface area contributed by atoms with E-state index >= 15 is 0 Å². The SMILES string of the molecule is CC(=O)OC[C@H]1O[C@@H](n2cc(C=O)c(=O)[nH]c2=O)[C@H](OC(C)=O)[C@@H]1OC(C)=O. The van der Waals surface area contributed by atoms with Gasteiger partial charge in [-0.05, 0) is 0 Å². The molecular formula is C16H18N2O10. The average Bonchev–Trinajstić information content (AvgIpc) is 2.89. The zero-order chi connectivity index (χ0) is 21.0. The van der Waals surface area contributed by atoms with Gasteiger partial charge in [0.25, 0.3) is 5.56 Å². The Kier molecular flexibility index (Phi) is 6.46. The van der Waals surface area contributed by atoms with Crippen molar-refractivity contribution in [1.82, 2.24) is 9.55 Å². The van der Waals surface area contributed by atoms with Crippen molar-refractivity contribution >= 4 is 24.2 Å². The predicted molar refractivity (Wildman–Crippen MR) is 88.4 cm³/mol. The summed E-state index contributed by atoms with van der Waals surface area (Å²) in [5, 5.41) is 0. The van der Waals surface area contributed by atoms with Crippen molar-refractivity contribution in [1.29, 1.82) is 0 Å². The van der Waals surface area contributed by atoms with Crippen LogP contribution in [0.15, 0.2) is 15.8 Å². The molecule has 4 atom stereocenters. The second-order valence-corrected chi connectivity index (χ2v) is 5.88. The number of carbonyl (C=O) groups excluding carboxylic acids is 4. The van der Waals surface area contributed by atoms with E-state index in [9.17, 15) is 28.8 Å². The third kappa shape index (κ3) is 4.71. The van der Waals surface area contributed by atoms with E-state index in [0.717, 1.165) is 31.5 Å². The average molecular weight is 398 g/mol. The van der Waals surface area contributed by atoms with E-state index in [2.05, 4.69) is 0 Å². The first kappa shape index (κ1) is 21.0. The first-order valence-corrected chi connectivity index (χ1v) is 8.08. The number of aromatic nitrogens is 2. The number of ether oxygens (including phenoxy) is 4. The van der Waals surface area contributed by atoms with E-state index in [-0.39, 0.29) is 18.5 Å². The van der Waals surface area contributed by atoms with Crippen LogP contribution < -0.4 is 11.2 Å². The molecule has 1 aromatic rings. The number of esters is 3. The summed E-state index contributed by atoms with van der Waals surface area (Å²) in [4.78, 5) is 70.9. The van der Waals surface area contributed by atoms with Crippen LogP contribution in [0.25, 0.3) is 0 Å². The summed E-state index contributed by atoms with van der Waals surface area (Å²) < 4.78 is 21.7. The number of H-pyrrole nitrogens is 1. The minimum atomic E-state index is -1.36. The zero-order valence-electron chi connectivity index (χ0n) is 15.2. The molecule has 12 nitrogen and oxygen atoms in total. The highest BCUT2D eigenvalue weighted by molar-refractivity contribution is 5.73. The molecule has 0 radical (unpaired) electrons. The molecule has 2 heterocycles. The molecule has 0 amide bonds. The largest absolute Gasteiger partial charge is 0.463 e. The standard InChI is InChI=1S/C16H18N2O10/c1-7(20)25-6-11-12(26-8(2)21)13(27-9(3)22)15(28-11)18-4-10(5-19)14(23)17-16(18)24/h4-5,11-13,15H,6H2,1-3H3,(H,17,23,24)/t11-,12-,13-,15-/m1/s1. The molecule has 12 heteroatoms. The van der Waals surface area contributed by atoms with Crippen molar-refractivity contribution < 1.29 is 38.1 Å². The molecule has 1 fully saturated rings. The Hall–Kier alpha value is -3.28. The molecule has 1 saturated heterocycles. The third-order valence-corrected chi connectivity index (χ3v) is 3.74. The number of nitrogens with zero attached hydrogens (tertiary/aromatic N) is 1. The van der Waals surface area contributed by atoms with Gasteiger partial charge in [-0.3, -0.25) is 33.5 Å². The van der Waals surface area contributed by atoms with Gasteiger partial charge in [0.1, 0.15) is 12.7 Å². The lowest BCUT2D eigenvalue weighted by atomic mass is 10.1. The molecule has 28 heavy (non-hydrogen) atoms. The van der Waals surface area contributed by atoms with Crippen LogP contribution in [-0.4, -0.2) is 58.7 Å². The van der Waals surface area contributed by atoms with Gasteiger partial charge in [-0.1, -0.05) is 0 Å². The summed E-state index contributed by atoms with van der Waals surface area (Å²) in [6.07, 6.45) is -3.83. The summed E-state index contributed by atoms with van der Waals surface area (Å²) in [6, 6.07) is 0. The van der Waals surface area contributed by atoms with Gasteiger partial charge in [-0.2, -0.15) is 0 Å². The van der Waals surface area contributed by atoms with Gasteiger partial charge in [0, 0.05) is 27.0 Å². The molecule has 0 saturated carbocycles. The first-order valence-electron chi connectivity index (χ1n) is 8.08. The summed E-state index contributed by atoms with van der Waals surface area (Å²) in [7, 11) is 0. The van der Waals surface area contributed by atoms with Gasteiger partial charge in [-0.15, -0.1) is 0 Å². The summed E-state index contributed by atoms with van der Waals surface area (Å²) in [5.41, 5.74) is -2.24. The maximum Gasteiger partial charge on any atom is 0.330 e. The van der Waals surface area contributed by atoms with E-state index in [1.54, 1.807) is 0 Å². The van der Waals surface area contributed by atoms with E-state index in [1.807, 2.05) is 4.98 Å². The fourth-order valence-corrected chi connectivity index (χ4v) is 2.69. The Morgan fingerprint density at radius 1 is 1.11 bits per heavy atom. The van der Waals surface area contributed by atoms with Crippen molar-refractivity contribution in [2.24, 2.45) is 0 Å². The minimum absolute atomic E-state index is 0.227. The van der Waals surface area contributed by atoms with Gasteiger partial charge < -0.3 is 18.9 Å². The van der Waals surface area contributed by atoms with Crippen LogP contribution in [0.1, 0.15) is 37.4 Å². The van der Waals surface area contributed by atoms with E-state index < -0.39 is 53.7 Å². The van der Waals surface area contributed by atoms with Crippen molar-refractivity contribution in [2.45, 2.75) is 45.3 Å². The Morgan fingerprint density at radius 2 is 1.71 bits per heavy atom. The molecule has 2 rings (SSSR count).